The number of nitro groups is 1. The van der Waals surface area contributed by atoms with Crippen molar-refractivity contribution in [1.82, 2.24) is 5.43 Å². The van der Waals surface area contributed by atoms with Crippen LogP contribution >= 0.6 is 0 Å². The lowest BCUT2D eigenvalue weighted by molar-refractivity contribution is -0.384. The number of carbonyl (C=O) groups is 2. The zero-order chi connectivity index (χ0) is 24.5. The molecule has 0 heterocycles. The standard InChI is InChI=1S/C24H21N3O7/c1-16-4-3-5-20(12-16)33-15-23(28)26-25-14-17-6-11-21(22(13-17)32-2)34-24(29)18-7-9-19(10-8-18)27(30)31/h3-14H,15H2,1-2H3,(H,26,28)/b25-14-. The molecule has 0 atom stereocenters. The molecule has 0 aliphatic carbocycles. The maximum Gasteiger partial charge on any atom is 0.343 e. The Morgan fingerprint density at radius 2 is 1.82 bits per heavy atom. The number of hydrazone groups is 1. The normalized spacial score (nSPS) is 10.5. The van der Waals surface area contributed by atoms with Crippen molar-refractivity contribution < 1.29 is 28.7 Å². The van der Waals surface area contributed by atoms with E-state index < -0.39 is 16.8 Å². The van der Waals surface area contributed by atoms with E-state index in [4.69, 9.17) is 14.2 Å². The number of non-ortho nitro benzene ring substituents is 1. The highest BCUT2D eigenvalue weighted by atomic mass is 16.6. The van der Waals surface area contributed by atoms with Crippen LogP contribution in [0.4, 0.5) is 5.69 Å². The summed E-state index contributed by atoms with van der Waals surface area (Å²) in [6.07, 6.45) is 1.40. The number of aryl methyl sites for hydroxylation is 1. The molecule has 1 amide bonds. The molecule has 0 fully saturated rings. The van der Waals surface area contributed by atoms with Gasteiger partial charge < -0.3 is 14.2 Å². The highest BCUT2D eigenvalue weighted by Crippen LogP contribution is 2.28. The smallest absolute Gasteiger partial charge is 0.343 e. The van der Waals surface area contributed by atoms with E-state index in [0.717, 1.165) is 5.56 Å². The molecule has 0 bridgehead atoms. The number of nitrogens with one attached hydrogen (secondary N) is 1. The quantitative estimate of drug-likeness (QED) is 0.169. The molecular weight excluding hydrogens is 442 g/mol. The van der Waals surface area contributed by atoms with Gasteiger partial charge in [0.25, 0.3) is 11.6 Å². The average molecular weight is 463 g/mol. The number of hydrogen-bond donors (Lipinski definition) is 1. The van der Waals surface area contributed by atoms with Gasteiger partial charge in [0.2, 0.25) is 0 Å². The van der Waals surface area contributed by atoms with Crippen molar-refractivity contribution >= 4 is 23.8 Å². The third-order valence-corrected chi connectivity index (χ3v) is 4.47. The molecule has 34 heavy (non-hydrogen) atoms. The maximum absolute atomic E-state index is 12.3. The number of nitrogens with zero attached hydrogens (tertiary/aromatic N) is 2. The van der Waals surface area contributed by atoms with Crippen molar-refractivity contribution in [2.24, 2.45) is 5.10 Å². The maximum atomic E-state index is 12.3. The Balaban J connectivity index is 1.57. The number of methoxy groups -OCH3 is 1. The van der Waals surface area contributed by atoms with Crippen LogP contribution in [0, 0.1) is 17.0 Å². The fraction of sp³-hybridized carbons (Fsp3) is 0.125. The molecule has 174 valence electrons. The van der Waals surface area contributed by atoms with Crippen molar-refractivity contribution in [2.75, 3.05) is 13.7 Å². The summed E-state index contributed by atoms with van der Waals surface area (Å²) in [6, 6.07) is 17.1. The predicted octanol–water partition coefficient (Wildman–Crippen LogP) is 3.66. The van der Waals surface area contributed by atoms with E-state index in [1.54, 1.807) is 18.2 Å². The molecule has 0 saturated carbocycles. The summed E-state index contributed by atoms with van der Waals surface area (Å²) < 4.78 is 16.0. The summed E-state index contributed by atoms with van der Waals surface area (Å²) in [5, 5.41) is 14.6. The Morgan fingerprint density at radius 1 is 1.06 bits per heavy atom. The fourth-order valence-corrected chi connectivity index (χ4v) is 2.79. The second-order valence-electron chi connectivity index (χ2n) is 7.00. The molecule has 0 aliphatic rings. The Morgan fingerprint density at radius 3 is 2.50 bits per heavy atom. The zero-order valence-electron chi connectivity index (χ0n) is 18.4. The first-order valence-electron chi connectivity index (χ1n) is 10.0. The van der Waals surface area contributed by atoms with Gasteiger partial charge in [0.15, 0.2) is 18.1 Å². The van der Waals surface area contributed by atoms with Crippen LogP contribution in [0.3, 0.4) is 0 Å². The van der Waals surface area contributed by atoms with Gasteiger partial charge in [0, 0.05) is 12.1 Å². The Labute approximate surface area is 194 Å². The number of ether oxygens (including phenoxy) is 3. The molecule has 3 aromatic carbocycles. The largest absolute Gasteiger partial charge is 0.493 e. The van der Waals surface area contributed by atoms with Crippen LogP contribution in [-0.2, 0) is 4.79 Å². The van der Waals surface area contributed by atoms with E-state index in [2.05, 4.69) is 10.5 Å². The van der Waals surface area contributed by atoms with E-state index in [9.17, 15) is 19.7 Å². The molecule has 0 radical (unpaired) electrons. The molecule has 0 spiro atoms. The molecule has 10 heteroatoms. The van der Waals surface area contributed by atoms with E-state index in [-0.39, 0.29) is 29.4 Å². The van der Waals surface area contributed by atoms with Gasteiger partial charge in [0.05, 0.1) is 23.8 Å². The van der Waals surface area contributed by atoms with Gasteiger partial charge in [-0.1, -0.05) is 12.1 Å². The molecule has 0 unspecified atom stereocenters. The molecule has 0 saturated heterocycles. The van der Waals surface area contributed by atoms with Crippen LogP contribution in [0.25, 0.3) is 0 Å². The summed E-state index contributed by atoms with van der Waals surface area (Å²) in [6.45, 7) is 1.73. The molecular formula is C24H21N3O7. The number of benzene rings is 3. The zero-order valence-corrected chi connectivity index (χ0v) is 18.4. The van der Waals surface area contributed by atoms with Gasteiger partial charge in [-0.3, -0.25) is 14.9 Å². The van der Waals surface area contributed by atoms with E-state index in [1.807, 2.05) is 25.1 Å². The van der Waals surface area contributed by atoms with Crippen LogP contribution in [0.2, 0.25) is 0 Å². The van der Waals surface area contributed by atoms with Gasteiger partial charge in [0.1, 0.15) is 5.75 Å². The van der Waals surface area contributed by atoms with Crippen LogP contribution in [0.1, 0.15) is 21.5 Å². The van der Waals surface area contributed by atoms with Crippen LogP contribution < -0.4 is 19.6 Å². The molecule has 1 N–H and O–H groups in total. The van der Waals surface area contributed by atoms with Crippen molar-refractivity contribution in [3.63, 3.8) is 0 Å². The Hall–Kier alpha value is -4.73. The minimum absolute atomic E-state index is 0.133. The van der Waals surface area contributed by atoms with Gasteiger partial charge >= 0.3 is 5.97 Å². The molecule has 10 nitrogen and oxygen atoms in total. The second kappa shape index (κ2) is 11.2. The van der Waals surface area contributed by atoms with Crippen molar-refractivity contribution in [2.45, 2.75) is 6.92 Å². The Kier molecular flexibility index (Phi) is 7.90. The number of amides is 1. The first kappa shape index (κ1) is 23.9. The van der Waals surface area contributed by atoms with Gasteiger partial charge in [-0.05, 0) is 60.5 Å². The van der Waals surface area contributed by atoms with Crippen LogP contribution in [0.5, 0.6) is 17.2 Å². The SMILES string of the molecule is COc1cc(/C=N\NC(=O)COc2cccc(C)c2)ccc1OC(=O)c1ccc([N+](=O)[O-])cc1. The average Bonchev–Trinajstić information content (AvgIpc) is 2.83. The molecule has 3 rings (SSSR count). The van der Waals surface area contributed by atoms with E-state index in [1.165, 1.54) is 43.7 Å². The number of rotatable bonds is 9. The van der Waals surface area contributed by atoms with Crippen LogP contribution in [-0.4, -0.2) is 36.7 Å². The van der Waals surface area contributed by atoms with E-state index >= 15 is 0 Å². The summed E-state index contributed by atoms with van der Waals surface area (Å²) in [5.41, 5.74) is 3.98. The van der Waals surface area contributed by atoms with Gasteiger partial charge in [-0.15, -0.1) is 0 Å². The molecule has 0 aliphatic heterocycles. The number of esters is 1. The minimum Gasteiger partial charge on any atom is -0.493 e. The monoisotopic (exact) mass is 463 g/mol. The lowest BCUT2D eigenvalue weighted by Gasteiger charge is -2.10. The summed E-state index contributed by atoms with van der Waals surface area (Å²) in [7, 11) is 1.41. The first-order valence-corrected chi connectivity index (χ1v) is 10.0. The molecule has 3 aromatic rings. The minimum atomic E-state index is -0.699. The summed E-state index contributed by atoms with van der Waals surface area (Å²) in [4.78, 5) is 34.4. The third-order valence-electron chi connectivity index (χ3n) is 4.47. The Bertz CT molecular complexity index is 1220. The van der Waals surface area contributed by atoms with Crippen LogP contribution in [0.15, 0.2) is 71.8 Å². The first-order chi connectivity index (χ1) is 16.4. The van der Waals surface area contributed by atoms with Gasteiger partial charge in [-0.2, -0.15) is 5.10 Å². The number of carbonyl (C=O) groups excluding carboxylic acids is 2. The lowest BCUT2D eigenvalue weighted by atomic mass is 10.2. The van der Waals surface area contributed by atoms with Crippen molar-refractivity contribution in [1.29, 1.82) is 0 Å². The molecule has 0 aromatic heterocycles. The van der Waals surface area contributed by atoms with Crippen molar-refractivity contribution in [3.05, 3.63) is 93.5 Å². The lowest BCUT2D eigenvalue weighted by Crippen LogP contribution is -2.24. The summed E-state index contributed by atoms with van der Waals surface area (Å²) in [5.74, 6) is -0.136. The second-order valence-corrected chi connectivity index (χ2v) is 7.00. The highest BCUT2D eigenvalue weighted by Gasteiger charge is 2.14. The fourth-order valence-electron chi connectivity index (χ4n) is 2.79. The third kappa shape index (κ3) is 6.63. The van der Waals surface area contributed by atoms with Gasteiger partial charge in [-0.25, -0.2) is 10.2 Å². The number of nitro benzene ring substituents is 1. The number of hydrogen-bond acceptors (Lipinski definition) is 8. The predicted molar refractivity (Wildman–Crippen MR) is 123 cm³/mol. The highest BCUT2D eigenvalue weighted by molar-refractivity contribution is 5.92. The van der Waals surface area contributed by atoms with Crippen molar-refractivity contribution in [3.8, 4) is 17.2 Å². The summed E-state index contributed by atoms with van der Waals surface area (Å²) >= 11 is 0. The topological polar surface area (TPSA) is 129 Å². The van der Waals surface area contributed by atoms with E-state index in [0.29, 0.717) is 11.3 Å².